The molecular weight excluding hydrogens is 290 g/mol. The molecule has 5 nitrogen and oxygen atoms in total. The Morgan fingerprint density at radius 2 is 2.04 bits per heavy atom. The number of benzene rings is 2. The number of aromatic nitrogens is 2. The predicted octanol–water partition coefficient (Wildman–Crippen LogP) is 2.63. The lowest BCUT2D eigenvalue weighted by molar-refractivity contribution is 0.197. The summed E-state index contributed by atoms with van der Waals surface area (Å²) in [6.07, 6.45) is 1.76. The molecular formula is C18H21N3O2. The van der Waals surface area contributed by atoms with Crippen molar-refractivity contribution >= 4 is 10.9 Å². The Balaban J connectivity index is 1.95. The standard InChI is InChI=1S/C18H21N3O2/c1-12(19)13(2)23-17-6-7-18-15(9-17)10-20-21(18)16-5-3-4-14(8-16)11-22/h3-10,12-13,22H,11,19H2,1-2H3/t12-,13+/m0/s1. The van der Waals surface area contributed by atoms with Crippen molar-refractivity contribution in [2.45, 2.75) is 32.6 Å². The van der Waals surface area contributed by atoms with Crippen LogP contribution in [-0.4, -0.2) is 27.0 Å². The Kier molecular flexibility index (Phi) is 4.32. The number of hydrogen-bond acceptors (Lipinski definition) is 4. The van der Waals surface area contributed by atoms with Gasteiger partial charge in [-0.2, -0.15) is 5.10 Å². The number of rotatable bonds is 5. The van der Waals surface area contributed by atoms with Crippen LogP contribution < -0.4 is 10.5 Å². The normalized spacial score (nSPS) is 13.9. The molecule has 1 heterocycles. The van der Waals surface area contributed by atoms with Gasteiger partial charge < -0.3 is 15.6 Å². The summed E-state index contributed by atoms with van der Waals surface area (Å²) in [6.45, 7) is 3.90. The third-order valence-corrected chi connectivity index (χ3v) is 3.94. The van der Waals surface area contributed by atoms with Crippen LogP contribution in [0.25, 0.3) is 16.6 Å². The molecule has 1 aromatic heterocycles. The van der Waals surface area contributed by atoms with Crippen LogP contribution in [0.2, 0.25) is 0 Å². The van der Waals surface area contributed by atoms with Crippen LogP contribution in [0, 0.1) is 0 Å². The average molecular weight is 311 g/mol. The van der Waals surface area contributed by atoms with E-state index < -0.39 is 0 Å². The summed E-state index contributed by atoms with van der Waals surface area (Å²) in [5.74, 6) is 0.783. The molecule has 120 valence electrons. The molecule has 0 unspecified atom stereocenters. The SMILES string of the molecule is C[C@H](N)[C@@H](C)Oc1ccc2c(cnn2-c2cccc(CO)c2)c1. The third kappa shape index (κ3) is 3.21. The van der Waals surface area contributed by atoms with Crippen molar-refractivity contribution in [3.8, 4) is 11.4 Å². The Labute approximate surface area is 135 Å². The van der Waals surface area contributed by atoms with Gasteiger partial charge in [0.25, 0.3) is 0 Å². The van der Waals surface area contributed by atoms with Gasteiger partial charge in [-0.25, -0.2) is 4.68 Å². The average Bonchev–Trinajstić information content (AvgIpc) is 2.98. The first-order chi connectivity index (χ1) is 11.1. The van der Waals surface area contributed by atoms with Crippen molar-refractivity contribution in [3.05, 3.63) is 54.2 Å². The van der Waals surface area contributed by atoms with E-state index in [1.165, 1.54) is 0 Å². The number of aliphatic hydroxyl groups excluding tert-OH is 1. The quantitative estimate of drug-likeness (QED) is 0.759. The monoisotopic (exact) mass is 311 g/mol. The second-order valence-corrected chi connectivity index (χ2v) is 5.79. The molecule has 0 bridgehead atoms. The first-order valence-corrected chi connectivity index (χ1v) is 7.68. The Morgan fingerprint density at radius 3 is 2.78 bits per heavy atom. The number of hydrogen-bond donors (Lipinski definition) is 2. The van der Waals surface area contributed by atoms with E-state index in [0.717, 1.165) is 27.9 Å². The third-order valence-electron chi connectivity index (χ3n) is 3.94. The minimum atomic E-state index is -0.0521. The van der Waals surface area contributed by atoms with Gasteiger partial charge in [-0.15, -0.1) is 0 Å². The topological polar surface area (TPSA) is 73.3 Å². The maximum absolute atomic E-state index is 9.28. The largest absolute Gasteiger partial charge is 0.489 e. The number of nitrogens with zero attached hydrogens (tertiary/aromatic N) is 2. The minimum absolute atomic E-state index is 0.0141. The van der Waals surface area contributed by atoms with Crippen LogP contribution in [0.1, 0.15) is 19.4 Å². The molecule has 0 aliphatic rings. The Morgan fingerprint density at radius 1 is 1.22 bits per heavy atom. The van der Waals surface area contributed by atoms with Crippen LogP contribution in [0.4, 0.5) is 0 Å². The minimum Gasteiger partial charge on any atom is -0.489 e. The van der Waals surface area contributed by atoms with Crippen LogP contribution in [0.5, 0.6) is 5.75 Å². The van der Waals surface area contributed by atoms with Gasteiger partial charge in [0.15, 0.2) is 0 Å². The fourth-order valence-corrected chi connectivity index (χ4v) is 2.40. The number of aliphatic hydroxyl groups is 1. The molecule has 0 spiro atoms. The molecule has 0 saturated heterocycles. The van der Waals surface area contributed by atoms with E-state index >= 15 is 0 Å². The summed E-state index contributed by atoms with van der Waals surface area (Å²) in [5.41, 5.74) is 8.61. The maximum Gasteiger partial charge on any atom is 0.120 e. The van der Waals surface area contributed by atoms with Gasteiger partial charge in [0, 0.05) is 11.4 Å². The fourth-order valence-electron chi connectivity index (χ4n) is 2.40. The molecule has 23 heavy (non-hydrogen) atoms. The van der Waals surface area contributed by atoms with Crippen molar-refractivity contribution in [3.63, 3.8) is 0 Å². The van der Waals surface area contributed by atoms with Crippen molar-refractivity contribution in [2.75, 3.05) is 0 Å². The summed E-state index contributed by atoms with van der Waals surface area (Å²) < 4.78 is 7.69. The summed E-state index contributed by atoms with van der Waals surface area (Å²) in [4.78, 5) is 0. The lowest BCUT2D eigenvalue weighted by Gasteiger charge is -2.18. The van der Waals surface area contributed by atoms with E-state index in [1.54, 1.807) is 0 Å². The van der Waals surface area contributed by atoms with Gasteiger partial charge in [0.05, 0.1) is 24.0 Å². The van der Waals surface area contributed by atoms with Gasteiger partial charge in [-0.1, -0.05) is 12.1 Å². The molecule has 3 rings (SSSR count). The highest BCUT2D eigenvalue weighted by Gasteiger charge is 2.11. The van der Waals surface area contributed by atoms with Crippen LogP contribution in [0.15, 0.2) is 48.7 Å². The van der Waals surface area contributed by atoms with E-state index in [0.29, 0.717) is 0 Å². The number of ether oxygens (including phenoxy) is 1. The summed E-state index contributed by atoms with van der Waals surface area (Å²) in [5, 5.41) is 14.7. The Hall–Kier alpha value is -2.37. The molecule has 0 radical (unpaired) electrons. The van der Waals surface area contributed by atoms with Crippen LogP contribution in [-0.2, 0) is 6.61 Å². The number of fused-ring (bicyclic) bond motifs is 1. The second kappa shape index (κ2) is 6.40. The zero-order valence-electron chi connectivity index (χ0n) is 13.3. The smallest absolute Gasteiger partial charge is 0.120 e. The summed E-state index contributed by atoms with van der Waals surface area (Å²) >= 11 is 0. The Bertz CT molecular complexity index is 811. The highest BCUT2D eigenvalue weighted by atomic mass is 16.5. The fraction of sp³-hybridized carbons (Fsp3) is 0.278. The first-order valence-electron chi connectivity index (χ1n) is 7.68. The van der Waals surface area contributed by atoms with Gasteiger partial charge in [-0.05, 0) is 49.7 Å². The van der Waals surface area contributed by atoms with Crippen molar-refractivity contribution < 1.29 is 9.84 Å². The van der Waals surface area contributed by atoms with E-state index in [2.05, 4.69) is 5.10 Å². The lowest BCUT2D eigenvalue weighted by Crippen LogP contribution is -2.33. The van der Waals surface area contributed by atoms with Crippen molar-refractivity contribution in [2.24, 2.45) is 5.73 Å². The van der Waals surface area contributed by atoms with Crippen LogP contribution >= 0.6 is 0 Å². The molecule has 3 aromatic rings. The van der Waals surface area contributed by atoms with Gasteiger partial charge in [0.1, 0.15) is 11.9 Å². The van der Waals surface area contributed by atoms with Gasteiger partial charge in [0.2, 0.25) is 0 Å². The van der Waals surface area contributed by atoms with Crippen molar-refractivity contribution in [1.82, 2.24) is 9.78 Å². The second-order valence-electron chi connectivity index (χ2n) is 5.79. The maximum atomic E-state index is 9.28. The first kappa shape index (κ1) is 15.5. The van der Waals surface area contributed by atoms with Gasteiger partial charge >= 0.3 is 0 Å². The number of nitrogens with two attached hydrogens (primary N) is 1. The van der Waals surface area contributed by atoms with E-state index in [1.807, 2.05) is 67.2 Å². The molecule has 0 aliphatic heterocycles. The van der Waals surface area contributed by atoms with Gasteiger partial charge in [-0.3, -0.25) is 0 Å². The van der Waals surface area contributed by atoms with E-state index in [-0.39, 0.29) is 18.8 Å². The highest BCUT2D eigenvalue weighted by molar-refractivity contribution is 5.81. The zero-order chi connectivity index (χ0) is 16.4. The molecule has 0 amide bonds. The van der Waals surface area contributed by atoms with E-state index in [9.17, 15) is 5.11 Å². The summed E-state index contributed by atoms with van der Waals surface area (Å²) in [6, 6.07) is 13.5. The van der Waals surface area contributed by atoms with Crippen molar-refractivity contribution in [1.29, 1.82) is 0 Å². The predicted molar refractivity (Wildman–Crippen MR) is 90.7 cm³/mol. The molecule has 0 aliphatic carbocycles. The molecule has 3 N–H and O–H groups in total. The molecule has 0 fully saturated rings. The highest BCUT2D eigenvalue weighted by Crippen LogP contribution is 2.24. The summed E-state index contributed by atoms with van der Waals surface area (Å²) in [7, 11) is 0. The van der Waals surface area contributed by atoms with Crippen LogP contribution in [0.3, 0.4) is 0 Å². The van der Waals surface area contributed by atoms with E-state index in [4.69, 9.17) is 10.5 Å². The molecule has 0 saturated carbocycles. The lowest BCUT2D eigenvalue weighted by atomic mass is 10.2. The molecule has 5 heteroatoms. The zero-order valence-corrected chi connectivity index (χ0v) is 13.3. The molecule has 2 aromatic carbocycles. The molecule has 2 atom stereocenters.